The minimum Gasteiger partial charge on any atom is -0.508 e. The second-order valence-electron chi connectivity index (χ2n) is 5.43. The molecule has 2 nitrogen and oxygen atoms in total. The van der Waals surface area contributed by atoms with Crippen LogP contribution in [0.5, 0.6) is 11.5 Å². The third kappa shape index (κ3) is 3.31. The Morgan fingerprint density at radius 1 is 1.21 bits per heavy atom. The monoisotopic (exact) mass is 260 g/mol. The molecule has 0 saturated heterocycles. The molecule has 1 aromatic carbocycles. The average Bonchev–Trinajstić information content (AvgIpc) is 2.43. The van der Waals surface area contributed by atoms with Gasteiger partial charge in [0.2, 0.25) is 0 Å². The molecule has 2 rings (SSSR count). The maximum absolute atomic E-state index is 10.4. The maximum Gasteiger partial charge on any atom is 0.126 e. The molecule has 1 aliphatic rings. The molecule has 1 atom stereocenters. The first-order valence-corrected chi connectivity index (χ1v) is 7.44. The Morgan fingerprint density at radius 3 is 2.74 bits per heavy atom. The zero-order valence-electron chi connectivity index (χ0n) is 11.7. The summed E-state index contributed by atoms with van der Waals surface area (Å²) in [5, 5.41) is 20.5. The SMILES string of the molecule is CCCCCc1ccc(O)c(C2C=CCCC2)c1O. The second kappa shape index (κ2) is 6.65. The molecule has 2 N–H and O–H groups in total. The van der Waals surface area contributed by atoms with Gasteiger partial charge >= 0.3 is 0 Å². The van der Waals surface area contributed by atoms with E-state index in [0.29, 0.717) is 5.75 Å². The lowest BCUT2D eigenvalue weighted by atomic mass is 9.86. The Balaban J connectivity index is 2.23. The van der Waals surface area contributed by atoms with Crippen LogP contribution in [0.2, 0.25) is 0 Å². The van der Waals surface area contributed by atoms with E-state index in [9.17, 15) is 10.2 Å². The Bertz CT molecular complexity index is 449. The van der Waals surface area contributed by atoms with Crippen LogP contribution >= 0.6 is 0 Å². The molecule has 0 spiro atoms. The topological polar surface area (TPSA) is 40.5 Å². The summed E-state index contributed by atoms with van der Waals surface area (Å²) in [6.07, 6.45) is 11.9. The summed E-state index contributed by atoms with van der Waals surface area (Å²) in [5.74, 6) is 0.709. The summed E-state index contributed by atoms with van der Waals surface area (Å²) in [4.78, 5) is 0. The van der Waals surface area contributed by atoms with Gasteiger partial charge in [-0.05, 0) is 43.7 Å². The number of hydrogen-bond donors (Lipinski definition) is 2. The number of benzene rings is 1. The molecule has 1 unspecified atom stereocenters. The van der Waals surface area contributed by atoms with Crippen LogP contribution in [-0.2, 0) is 6.42 Å². The predicted molar refractivity (Wildman–Crippen MR) is 78.7 cm³/mol. The van der Waals surface area contributed by atoms with Gasteiger partial charge in [-0.25, -0.2) is 0 Å². The fourth-order valence-corrected chi connectivity index (χ4v) is 2.83. The molecule has 2 heteroatoms. The minimum absolute atomic E-state index is 0.167. The highest BCUT2D eigenvalue weighted by Gasteiger charge is 2.20. The van der Waals surface area contributed by atoms with Crippen LogP contribution in [0.4, 0.5) is 0 Å². The number of aryl methyl sites for hydroxylation is 1. The van der Waals surface area contributed by atoms with Crippen LogP contribution in [0.1, 0.15) is 62.5 Å². The first-order valence-electron chi connectivity index (χ1n) is 7.44. The smallest absolute Gasteiger partial charge is 0.126 e. The van der Waals surface area contributed by atoms with Gasteiger partial charge in [0.25, 0.3) is 0 Å². The van der Waals surface area contributed by atoms with Crippen LogP contribution in [0, 0.1) is 0 Å². The third-order valence-corrected chi connectivity index (χ3v) is 3.95. The van der Waals surface area contributed by atoms with Crippen molar-refractivity contribution in [1.82, 2.24) is 0 Å². The lowest BCUT2D eigenvalue weighted by Crippen LogP contribution is -2.02. The van der Waals surface area contributed by atoms with Gasteiger partial charge in [0, 0.05) is 11.5 Å². The van der Waals surface area contributed by atoms with Crippen molar-refractivity contribution in [2.45, 2.75) is 57.8 Å². The van der Waals surface area contributed by atoms with Gasteiger partial charge in [-0.2, -0.15) is 0 Å². The number of hydrogen-bond acceptors (Lipinski definition) is 2. The van der Waals surface area contributed by atoms with E-state index in [4.69, 9.17) is 0 Å². The lowest BCUT2D eigenvalue weighted by Gasteiger charge is -2.20. The highest BCUT2D eigenvalue weighted by atomic mass is 16.3. The molecule has 1 aliphatic carbocycles. The summed E-state index contributed by atoms with van der Waals surface area (Å²) in [7, 11) is 0. The number of unbranched alkanes of at least 4 members (excludes halogenated alkanes) is 2. The number of phenolic OH excluding ortho intramolecular Hbond substituents is 2. The Labute approximate surface area is 115 Å². The summed E-state index contributed by atoms with van der Waals surface area (Å²) in [6.45, 7) is 2.18. The van der Waals surface area contributed by atoms with E-state index in [0.717, 1.165) is 43.2 Å². The highest BCUT2D eigenvalue weighted by Crippen LogP contribution is 2.41. The lowest BCUT2D eigenvalue weighted by molar-refractivity contribution is 0.424. The minimum atomic E-state index is 0.167. The summed E-state index contributed by atoms with van der Waals surface area (Å²) < 4.78 is 0. The molecular formula is C17H24O2. The molecule has 1 aromatic rings. The Kier molecular flexibility index (Phi) is 4.89. The number of allylic oxidation sites excluding steroid dienone is 2. The van der Waals surface area contributed by atoms with Gasteiger partial charge in [-0.3, -0.25) is 0 Å². The first kappa shape index (κ1) is 14.0. The zero-order valence-corrected chi connectivity index (χ0v) is 11.7. The molecule has 104 valence electrons. The standard InChI is InChI=1S/C17H24O2/c1-2-3-5-10-14-11-12-15(18)16(17(14)19)13-8-6-4-7-9-13/h6,8,11-13,18-19H,2-5,7,9-10H2,1H3. The van der Waals surface area contributed by atoms with E-state index in [2.05, 4.69) is 19.1 Å². The van der Waals surface area contributed by atoms with E-state index in [1.165, 1.54) is 12.8 Å². The van der Waals surface area contributed by atoms with E-state index in [1.54, 1.807) is 6.07 Å². The van der Waals surface area contributed by atoms with Crippen molar-refractivity contribution in [2.75, 3.05) is 0 Å². The summed E-state index contributed by atoms with van der Waals surface area (Å²) in [5.41, 5.74) is 1.70. The molecule has 0 bridgehead atoms. The molecule has 0 fully saturated rings. The molecule has 0 amide bonds. The van der Waals surface area contributed by atoms with Crippen molar-refractivity contribution in [3.8, 4) is 11.5 Å². The van der Waals surface area contributed by atoms with Gasteiger partial charge in [0.15, 0.2) is 0 Å². The molecule has 0 radical (unpaired) electrons. The molecule has 0 saturated carbocycles. The van der Waals surface area contributed by atoms with Crippen LogP contribution < -0.4 is 0 Å². The van der Waals surface area contributed by atoms with Gasteiger partial charge in [0.05, 0.1) is 0 Å². The van der Waals surface area contributed by atoms with Crippen molar-refractivity contribution >= 4 is 0 Å². The number of phenols is 2. The van der Waals surface area contributed by atoms with Gasteiger partial charge in [0.1, 0.15) is 11.5 Å². The van der Waals surface area contributed by atoms with Crippen molar-refractivity contribution in [3.63, 3.8) is 0 Å². The van der Waals surface area contributed by atoms with Gasteiger partial charge in [-0.15, -0.1) is 0 Å². The largest absolute Gasteiger partial charge is 0.508 e. The average molecular weight is 260 g/mol. The molecule has 0 heterocycles. The van der Waals surface area contributed by atoms with Crippen molar-refractivity contribution in [1.29, 1.82) is 0 Å². The van der Waals surface area contributed by atoms with E-state index < -0.39 is 0 Å². The highest BCUT2D eigenvalue weighted by molar-refractivity contribution is 5.52. The Hall–Kier alpha value is -1.44. The first-order chi connectivity index (χ1) is 9.24. The molecular weight excluding hydrogens is 236 g/mol. The van der Waals surface area contributed by atoms with Crippen LogP contribution in [0.3, 0.4) is 0 Å². The molecule has 0 aromatic heterocycles. The molecule has 19 heavy (non-hydrogen) atoms. The maximum atomic E-state index is 10.4. The van der Waals surface area contributed by atoms with Crippen LogP contribution in [0.25, 0.3) is 0 Å². The normalized spacial score (nSPS) is 18.7. The van der Waals surface area contributed by atoms with Gasteiger partial charge in [-0.1, -0.05) is 38.0 Å². The van der Waals surface area contributed by atoms with E-state index in [-0.39, 0.29) is 11.7 Å². The Morgan fingerprint density at radius 2 is 2.05 bits per heavy atom. The van der Waals surface area contributed by atoms with E-state index in [1.807, 2.05) is 6.07 Å². The van der Waals surface area contributed by atoms with Crippen LogP contribution in [-0.4, -0.2) is 10.2 Å². The quantitative estimate of drug-likeness (QED) is 0.597. The fourth-order valence-electron chi connectivity index (χ4n) is 2.83. The third-order valence-electron chi connectivity index (χ3n) is 3.95. The summed E-state index contributed by atoms with van der Waals surface area (Å²) >= 11 is 0. The molecule has 0 aliphatic heterocycles. The zero-order chi connectivity index (χ0) is 13.7. The summed E-state index contributed by atoms with van der Waals surface area (Å²) in [6, 6.07) is 3.59. The second-order valence-corrected chi connectivity index (χ2v) is 5.43. The van der Waals surface area contributed by atoms with Crippen molar-refractivity contribution in [3.05, 3.63) is 35.4 Å². The van der Waals surface area contributed by atoms with Crippen LogP contribution in [0.15, 0.2) is 24.3 Å². The van der Waals surface area contributed by atoms with Crippen molar-refractivity contribution < 1.29 is 10.2 Å². The number of aromatic hydroxyl groups is 2. The fraction of sp³-hybridized carbons (Fsp3) is 0.529. The predicted octanol–water partition coefficient (Wildman–Crippen LogP) is 4.65. The van der Waals surface area contributed by atoms with E-state index >= 15 is 0 Å². The van der Waals surface area contributed by atoms with Gasteiger partial charge < -0.3 is 10.2 Å². The van der Waals surface area contributed by atoms with Crippen molar-refractivity contribution in [2.24, 2.45) is 0 Å². The number of rotatable bonds is 5.